The molecule has 2 heteroatoms. The zero-order valence-corrected chi connectivity index (χ0v) is 13.0. The maximum atomic E-state index is 3.88. The van der Waals surface area contributed by atoms with Gasteiger partial charge in [0.25, 0.3) is 0 Å². The van der Waals surface area contributed by atoms with Crippen LogP contribution in [0.4, 0.5) is 11.4 Å². The Hall–Kier alpha value is -1.96. The molecule has 0 spiro atoms. The first-order valence-electron chi connectivity index (χ1n) is 7.81. The highest BCUT2D eigenvalue weighted by Gasteiger charge is 2.35. The highest BCUT2D eigenvalue weighted by molar-refractivity contribution is 5.70. The lowest BCUT2D eigenvalue weighted by molar-refractivity contribution is 0.509. The van der Waals surface area contributed by atoms with E-state index in [2.05, 4.69) is 78.9 Å². The van der Waals surface area contributed by atoms with Crippen molar-refractivity contribution in [3.63, 3.8) is 0 Å². The van der Waals surface area contributed by atoms with E-state index in [-0.39, 0.29) is 5.54 Å². The second-order valence-corrected chi connectivity index (χ2v) is 6.19. The summed E-state index contributed by atoms with van der Waals surface area (Å²) in [5.74, 6) is 0. The normalized spacial score (nSPS) is 16.7. The van der Waals surface area contributed by atoms with Crippen molar-refractivity contribution in [1.82, 2.24) is 0 Å². The summed E-state index contributed by atoms with van der Waals surface area (Å²) in [6, 6.07) is 19.5. The van der Waals surface area contributed by atoms with Gasteiger partial charge in [0.15, 0.2) is 0 Å². The highest BCUT2D eigenvalue weighted by Crippen LogP contribution is 2.43. The molecule has 2 aromatic rings. The molecule has 0 bridgehead atoms. The number of nitrogens with one attached hydrogen (secondary N) is 1. The lowest BCUT2D eigenvalue weighted by Crippen LogP contribution is -2.32. The van der Waals surface area contributed by atoms with Crippen molar-refractivity contribution in [2.75, 3.05) is 24.3 Å². The van der Waals surface area contributed by atoms with E-state index in [1.54, 1.807) is 0 Å². The summed E-state index contributed by atoms with van der Waals surface area (Å²) >= 11 is 0. The number of hydrogen-bond donors (Lipinski definition) is 1. The smallest absolute Gasteiger partial charge is 0.0626 e. The van der Waals surface area contributed by atoms with Gasteiger partial charge in [0.1, 0.15) is 0 Å². The summed E-state index contributed by atoms with van der Waals surface area (Å²) in [5, 5.41) is 3.88. The van der Waals surface area contributed by atoms with E-state index in [1.165, 1.54) is 42.6 Å². The van der Waals surface area contributed by atoms with Gasteiger partial charge in [-0.15, -0.1) is 0 Å². The van der Waals surface area contributed by atoms with E-state index in [0.29, 0.717) is 0 Å². The number of benzene rings is 2. The molecule has 0 unspecified atom stereocenters. The molecule has 0 aliphatic heterocycles. The Balaban J connectivity index is 1.97. The Morgan fingerprint density at radius 2 is 1.48 bits per heavy atom. The highest BCUT2D eigenvalue weighted by atomic mass is 15.1. The van der Waals surface area contributed by atoms with Crippen LogP contribution < -0.4 is 10.2 Å². The van der Waals surface area contributed by atoms with Gasteiger partial charge in [0.2, 0.25) is 0 Å². The van der Waals surface area contributed by atoms with Crippen molar-refractivity contribution in [1.29, 1.82) is 0 Å². The van der Waals surface area contributed by atoms with Crippen molar-refractivity contribution in [2.24, 2.45) is 0 Å². The zero-order chi connectivity index (χ0) is 14.7. The summed E-state index contributed by atoms with van der Waals surface area (Å²) in [5.41, 5.74) is 3.98. The second kappa shape index (κ2) is 5.80. The minimum Gasteiger partial charge on any atom is -0.376 e. The van der Waals surface area contributed by atoms with Crippen LogP contribution in [-0.2, 0) is 5.54 Å². The minimum atomic E-state index is 0.0906. The van der Waals surface area contributed by atoms with Crippen LogP contribution >= 0.6 is 0 Å². The number of hydrogen-bond acceptors (Lipinski definition) is 2. The van der Waals surface area contributed by atoms with Gasteiger partial charge < -0.3 is 10.2 Å². The largest absolute Gasteiger partial charge is 0.376 e. The average Bonchev–Trinajstić information content (AvgIpc) is 2.98. The van der Waals surface area contributed by atoms with Crippen LogP contribution in [0.1, 0.15) is 31.2 Å². The Kier molecular flexibility index (Phi) is 3.87. The van der Waals surface area contributed by atoms with E-state index >= 15 is 0 Å². The van der Waals surface area contributed by atoms with Gasteiger partial charge >= 0.3 is 0 Å². The number of rotatable bonds is 4. The third-order valence-corrected chi connectivity index (χ3v) is 4.54. The van der Waals surface area contributed by atoms with Crippen LogP contribution in [0.3, 0.4) is 0 Å². The number of nitrogens with zero attached hydrogens (tertiary/aromatic N) is 1. The maximum Gasteiger partial charge on any atom is 0.0626 e. The molecular formula is C19H24N2. The fraction of sp³-hybridized carbons (Fsp3) is 0.368. The van der Waals surface area contributed by atoms with Crippen LogP contribution in [-0.4, -0.2) is 14.1 Å². The fourth-order valence-electron chi connectivity index (χ4n) is 3.45. The topological polar surface area (TPSA) is 15.3 Å². The van der Waals surface area contributed by atoms with Crippen LogP contribution in [0.15, 0.2) is 54.6 Å². The molecule has 1 aliphatic carbocycles. The predicted molar refractivity (Wildman–Crippen MR) is 91.0 cm³/mol. The summed E-state index contributed by atoms with van der Waals surface area (Å²) in [6.07, 6.45) is 5.01. The van der Waals surface area contributed by atoms with Gasteiger partial charge in [0.05, 0.1) is 16.9 Å². The van der Waals surface area contributed by atoms with Gasteiger partial charge in [-0.25, -0.2) is 0 Å². The van der Waals surface area contributed by atoms with Gasteiger partial charge in [-0.1, -0.05) is 55.3 Å². The van der Waals surface area contributed by atoms with E-state index in [1.807, 2.05) is 0 Å². The lowest BCUT2D eigenvalue weighted by atomic mass is 9.87. The van der Waals surface area contributed by atoms with Crippen LogP contribution in [0.2, 0.25) is 0 Å². The zero-order valence-electron chi connectivity index (χ0n) is 13.0. The van der Waals surface area contributed by atoms with Gasteiger partial charge in [-0.3, -0.25) is 0 Å². The molecule has 0 heterocycles. The molecule has 2 nitrogen and oxygen atoms in total. The minimum absolute atomic E-state index is 0.0906. The average molecular weight is 280 g/mol. The van der Waals surface area contributed by atoms with Crippen LogP contribution in [0.5, 0.6) is 0 Å². The van der Waals surface area contributed by atoms with E-state index in [0.717, 1.165) is 0 Å². The molecule has 1 fully saturated rings. The van der Waals surface area contributed by atoms with Crippen molar-refractivity contribution < 1.29 is 0 Å². The van der Waals surface area contributed by atoms with E-state index in [4.69, 9.17) is 0 Å². The van der Waals surface area contributed by atoms with E-state index in [9.17, 15) is 0 Å². The molecule has 110 valence electrons. The van der Waals surface area contributed by atoms with Gasteiger partial charge in [-0.2, -0.15) is 0 Å². The summed E-state index contributed by atoms with van der Waals surface area (Å²) in [4.78, 5) is 2.18. The molecule has 0 aromatic heterocycles. The predicted octanol–water partition coefficient (Wildman–Crippen LogP) is 4.63. The molecule has 0 radical (unpaired) electrons. The maximum absolute atomic E-state index is 3.88. The molecule has 1 N–H and O–H groups in total. The SMILES string of the molecule is CN(C)c1ccccc1NC1(c2ccccc2)CCCC1. The first kappa shape index (κ1) is 14.0. The Bertz CT molecular complexity index is 584. The first-order chi connectivity index (χ1) is 10.2. The monoisotopic (exact) mass is 280 g/mol. The molecule has 21 heavy (non-hydrogen) atoms. The van der Waals surface area contributed by atoms with Gasteiger partial charge in [-0.05, 0) is 30.5 Å². The van der Waals surface area contributed by atoms with Crippen LogP contribution in [0.25, 0.3) is 0 Å². The molecule has 2 aromatic carbocycles. The van der Waals surface area contributed by atoms with Crippen LogP contribution in [0, 0.1) is 0 Å². The summed E-state index contributed by atoms with van der Waals surface area (Å²) in [7, 11) is 4.20. The standard InChI is InChI=1S/C19H24N2/c1-21(2)18-13-7-6-12-17(18)20-19(14-8-9-15-19)16-10-4-3-5-11-16/h3-7,10-13,20H,8-9,14-15H2,1-2H3. The second-order valence-electron chi connectivity index (χ2n) is 6.19. The number of para-hydroxylation sites is 2. The molecule has 1 aliphatic rings. The molecule has 1 saturated carbocycles. The van der Waals surface area contributed by atoms with Crippen molar-refractivity contribution in [2.45, 2.75) is 31.2 Å². The third-order valence-electron chi connectivity index (χ3n) is 4.54. The Morgan fingerprint density at radius 3 is 2.14 bits per heavy atom. The summed E-state index contributed by atoms with van der Waals surface area (Å²) < 4.78 is 0. The van der Waals surface area contributed by atoms with E-state index < -0.39 is 0 Å². The third kappa shape index (κ3) is 2.76. The van der Waals surface area contributed by atoms with Crippen molar-refractivity contribution in [3.05, 3.63) is 60.2 Å². The Morgan fingerprint density at radius 1 is 0.857 bits per heavy atom. The fourth-order valence-corrected chi connectivity index (χ4v) is 3.45. The Labute approximate surface area is 127 Å². The lowest BCUT2D eigenvalue weighted by Gasteiger charge is -2.34. The molecule has 0 atom stereocenters. The quantitative estimate of drug-likeness (QED) is 0.878. The van der Waals surface area contributed by atoms with Crippen molar-refractivity contribution in [3.8, 4) is 0 Å². The first-order valence-corrected chi connectivity index (χ1v) is 7.81. The molecule has 0 saturated heterocycles. The molecular weight excluding hydrogens is 256 g/mol. The molecule has 3 rings (SSSR count). The summed E-state index contributed by atoms with van der Waals surface area (Å²) in [6.45, 7) is 0. The van der Waals surface area contributed by atoms with Crippen molar-refractivity contribution >= 4 is 11.4 Å². The number of anilines is 2. The molecule has 0 amide bonds. The van der Waals surface area contributed by atoms with Gasteiger partial charge in [0, 0.05) is 14.1 Å².